The summed E-state index contributed by atoms with van der Waals surface area (Å²) in [5.41, 5.74) is 2.77. The fourth-order valence-corrected chi connectivity index (χ4v) is 2.80. The first kappa shape index (κ1) is 19.7. The minimum Gasteiger partial charge on any atom is -0.471 e. The zero-order valence-electron chi connectivity index (χ0n) is 16.6. The second-order valence-electron chi connectivity index (χ2n) is 7.04. The smallest absolute Gasteiger partial charge is 0.271 e. The normalized spacial score (nSPS) is 11.0. The Bertz CT molecular complexity index is 896. The van der Waals surface area contributed by atoms with Gasteiger partial charge in [-0.1, -0.05) is 26.0 Å². The number of carbonyl (C=O) groups excluding carboxylic acids is 1. The minimum absolute atomic E-state index is 0.183. The van der Waals surface area contributed by atoms with E-state index in [-0.39, 0.29) is 12.6 Å². The average Bonchev–Trinajstić information content (AvgIpc) is 3.33. The van der Waals surface area contributed by atoms with Crippen LogP contribution in [0.2, 0.25) is 0 Å². The molecule has 1 amide bonds. The molecule has 0 unspecified atom stereocenters. The third-order valence-corrected chi connectivity index (χ3v) is 4.54. The standard InChI is InChI=1S/C21H27N5O2/c1-16(2)18-5-7-19(8-6-18)28-15-25-14-10-20(24-25)21(27)22-11-4-13-26-17(3)9-12-23-26/h5-10,12,14,16H,4,11,13,15H2,1-3H3,(H,22,27). The van der Waals surface area contributed by atoms with Crippen LogP contribution in [-0.2, 0) is 13.3 Å². The SMILES string of the molecule is Cc1ccnn1CCCNC(=O)c1ccn(COc2ccc(C(C)C)cc2)n1. The number of aromatic nitrogens is 4. The first-order chi connectivity index (χ1) is 13.5. The van der Waals surface area contributed by atoms with E-state index in [9.17, 15) is 4.79 Å². The average molecular weight is 381 g/mol. The predicted octanol–water partition coefficient (Wildman–Crippen LogP) is 3.37. The molecule has 1 aromatic carbocycles. The quantitative estimate of drug-likeness (QED) is 0.577. The van der Waals surface area contributed by atoms with Gasteiger partial charge in [0, 0.05) is 31.2 Å². The molecular weight excluding hydrogens is 354 g/mol. The molecule has 0 fully saturated rings. The summed E-state index contributed by atoms with van der Waals surface area (Å²) in [6, 6.07) is 11.7. The van der Waals surface area contributed by atoms with Crippen molar-refractivity contribution in [1.29, 1.82) is 0 Å². The molecular formula is C21H27N5O2. The molecule has 0 aliphatic rings. The van der Waals surface area contributed by atoms with Crippen LogP contribution < -0.4 is 10.1 Å². The van der Waals surface area contributed by atoms with Gasteiger partial charge in [0.2, 0.25) is 0 Å². The number of hydrogen-bond acceptors (Lipinski definition) is 4. The zero-order valence-corrected chi connectivity index (χ0v) is 16.6. The summed E-state index contributed by atoms with van der Waals surface area (Å²) >= 11 is 0. The Morgan fingerprint density at radius 2 is 1.96 bits per heavy atom. The fourth-order valence-electron chi connectivity index (χ4n) is 2.80. The molecule has 7 heteroatoms. The van der Waals surface area contributed by atoms with Crippen LogP contribution in [0.1, 0.15) is 47.9 Å². The molecule has 0 aliphatic heterocycles. The number of benzene rings is 1. The maximum absolute atomic E-state index is 12.2. The van der Waals surface area contributed by atoms with Gasteiger partial charge in [0.05, 0.1) is 0 Å². The van der Waals surface area contributed by atoms with Crippen LogP contribution in [0, 0.1) is 6.92 Å². The van der Waals surface area contributed by atoms with Gasteiger partial charge in [0.1, 0.15) is 11.4 Å². The molecule has 2 heterocycles. The van der Waals surface area contributed by atoms with Crippen LogP contribution >= 0.6 is 0 Å². The Hall–Kier alpha value is -3.09. The van der Waals surface area contributed by atoms with Crippen LogP contribution in [0.4, 0.5) is 0 Å². The largest absolute Gasteiger partial charge is 0.471 e. The van der Waals surface area contributed by atoms with E-state index in [0.29, 0.717) is 18.2 Å². The van der Waals surface area contributed by atoms with Crippen molar-refractivity contribution < 1.29 is 9.53 Å². The lowest BCUT2D eigenvalue weighted by atomic mass is 10.0. The van der Waals surface area contributed by atoms with Crippen molar-refractivity contribution >= 4 is 5.91 Å². The molecule has 0 aliphatic carbocycles. The summed E-state index contributed by atoms with van der Waals surface area (Å²) in [5.74, 6) is 1.09. The molecule has 3 aromatic rings. The van der Waals surface area contributed by atoms with E-state index in [2.05, 4.69) is 41.5 Å². The van der Waals surface area contributed by atoms with E-state index < -0.39 is 0 Å². The van der Waals surface area contributed by atoms with Crippen molar-refractivity contribution in [3.05, 3.63) is 65.7 Å². The maximum atomic E-state index is 12.2. The summed E-state index contributed by atoms with van der Waals surface area (Å²) in [5, 5.41) is 11.4. The van der Waals surface area contributed by atoms with E-state index in [0.717, 1.165) is 24.4 Å². The lowest BCUT2D eigenvalue weighted by Crippen LogP contribution is -2.26. The van der Waals surface area contributed by atoms with Gasteiger partial charge in [-0.15, -0.1) is 0 Å². The number of nitrogens with one attached hydrogen (secondary N) is 1. The maximum Gasteiger partial charge on any atom is 0.271 e. The lowest BCUT2D eigenvalue weighted by molar-refractivity contribution is 0.0945. The van der Waals surface area contributed by atoms with Crippen LogP contribution in [0.5, 0.6) is 5.75 Å². The second-order valence-corrected chi connectivity index (χ2v) is 7.04. The Kier molecular flexibility index (Phi) is 6.47. The van der Waals surface area contributed by atoms with Crippen molar-refractivity contribution in [3.63, 3.8) is 0 Å². The van der Waals surface area contributed by atoms with Crippen LogP contribution in [0.15, 0.2) is 48.8 Å². The van der Waals surface area contributed by atoms with Gasteiger partial charge in [-0.3, -0.25) is 9.48 Å². The van der Waals surface area contributed by atoms with Gasteiger partial charge >= 0.3 is 0 Å². The molecule has 3 rings (SSSR count). The summed E-state index contributed by atoms with van der Waals surface area (Å²) in [7, 11) is 0. The van der Waals surface area contributed by atoms with Gasteiger partial charge in [-0.2, -0.15) is 10.2 Å². The number of amides is 1. The Labute approximate surface area is 165 Å². The second kappa shape index (κ2) is 9.21. The molecule has 7 nitrogen and oxygen atoms in total. The molecule has 148 valence electrons. The van der Waals surface area contributed by atoms with Gasteiger partial charge in [0.25, 0.3) is 5.91 Å². The third kappa shape index (κ3) is 5.22. The summed E-state index contributed by atoms with van der Waals surface area (Å²) in [6.45, 7) is 7.93. The van der Waals surface area contributed by atoms with Crippen molar-refractivity contribution in [2.24, 2.45) is 0 Å². The Morgan fingerprint density at radius 3 is 2.64 bits per heavy atom. The molecule has 0 saturated carbocycles. The highest BCUT2D eigenvalue weighted by Gasteiger charge is 2.09. The first-order valence-corrected chi connectivity index (χ1v) is 9.56. The number of nitrogens with zero attached hydrogens (tertiary/aromatic N) is 4. The van der Waals surface area contributed by atoms with Crippen molar-refractivity contribution in [2.45, 2.75) is 46.4 Å². The van der Waals surface area contributed by atoms with Gasteiger partial charge in [0.15, 0.2) is 6.73 Å². The third-order valence-electron chi connectivity index (χ3n) is 4.54. The van der Waals surface area contributed by atoms with E-state index in [1.807, 2.05) is 29.8 Å². The summed E-state index contributed by atoms with van der Waals surface area (Å²) < 4.78 is 9.26. The fraction of sp³-hybridized carbons (Fsp3) is 0.381. The lowest BCUT2D eigenvalue weighted by Gasteiger charge is -2.09. The molecule has 1 N–H and O–H groups in total. The van der Waals surface area contributed by atoms with Crippen molar-refractivity contribution in [2.75, 3.05) is 6.54 Å². The van der Waals surface area contributed by atoms with Crippen molar-refractivity contribution in [3.8, 4) is 5.75 Å². The minimum atomic E-state index is -0.183. The van der Waals surface area contributed by atoms with Gasteiger partial charge < -0.3 is 10.1 Å². The molecule has 0 spiro atoms. The van der Waals surface area contributed by atoms with Crippen LogP contribution in [-0.4, -0.2) is 32.0 Å². The predicted molar refractivity (Wildman–Crippen MR) is 107 cm³/mol. The van der Waals surface area contributed by atoms with Crippen LogP contribution in [0.3, 0.4) is 0 Å². The molecule has 2 aromatic heterocycles. The molecule has 0 bridgehead atoms. The highest BCUT2D eigenvalue weighted by molar-refractivity contribution is 5.92. The molecule has 0 atom stereocenters. The summed E-state index contributed by atoms with van der Waals surface area (Å²) in [6.07, 6.45) is 4.33. The topological polar surface area (TPSA) is 74.0 Å². The Balaban J connectivity index is 1.42. The number of hydrogen-bond donors (Lipinski definition) is 1. The number of aryl methyl sites for hydroxylation is 2. The van der Waals surface area contributed by atoms with E-state index >= 15 is 0 Å². The number of carbonyl (C=O) groups is 1. The van der Waals surface area contributed by atoms with E-state index in [1.54, 1.807) is 23.1 Å². The number of ether oxygens (including phenoxy) is 1. The monoisotopic (exact) mass is 381 g/mol. The highest BCUT2D eigenvalue weighted by Crippen LogP contribution is 2.18. The summed E-state index contributed by atoms with van der Waals surface area (Å²) in [4.78, 5) is 12.2. The molecule has 0 saturated heterocycles. The zero-order chi connectivity index (χ0) is 19.9. The van der Waals surface area contributed by atoms with Crippen molar-refractivity contribution in [1.82, 2.24) is 24.9 Å². The molecule has 0 radical (unpaired) electrons. The highest BCUT2D eigenvalue weighted by atomic mass is 16.5. The van der Waals surface area contributed by atoms with Gasteiger partial charge in [-0.05, 0) is 49.1 Å². The molecule has 28 heavy (non-hydrogen) atoms. The van der Waals surface area contributed by atoms with Gasteiger partial charge in [-0.25, -0.2) is 4.68 Å². The number of rotatable bonds is 9. The van der Waals surface area contributed by atoms with E-state index in [4.69, 9.17) is 4.74 Å². The van der Waals surface area contributed by atoms with Crippen LogP contribution in [0.25, 0.3) is 0 Å². The Morgan fingerprint density at radius 1 is 1.18 bits per heavy atom. The van der Waals surface area contributed by atoms with E-state index in [1.165, 1.54) is 5.56 Å². The first-order valence-electron chi connectivity index (χ1n) is 9.56.